The van der Waals surface area contributed by atoms with Crippen molar-refractivity contribution in [3.63, 3.8) is 0 Å². The zero-order valence-electron chi connectivity index (χ0n) is 12.1. The maximum atomic E-state index is 5.88. The largest absolute Gasteiger partial charge is 0.480 e. The standard InChI is InChI=1S/C16H19N3O2/c1-20-16-14(17-7-8-18-16)11-19-9-10-21-15(12-19)13-5-3-2-4-6-13/h2-8,15H,9-12H2,1H3. The van der Waals surface area contributed by atoms with Gasteiger partial charge in [0.2, 0.25) is 5.88 Å². The number of benzene rings is 1. The molecule has 3 rings (SSSR count). The number of ether oxygens (including phenoxy) is 2. The third kappa shape index (κ3) is 3.37. The molecule has 1 atom stereocenters. The number of hydrogen-bond donors (Lipinski definition) is 0. The Labute approximate surface area is 124 Å². The Morgan fingerprint density at radius 3 is 2.86 bits per heavy atom. The SMILES string of the molecule is COc1nccnc1CN1CCOC(c2ccccc2)C1. The van der Waals surface area contributed by atoms with Crippen LogP contribution in [0.4, 0.5) is 0 Å². The molecule has 0 N–H and O–H groups in total. The number of hydrogen-bond acceptors (Lipinski definition) is 5. The molecule has 0 aliphatic carbocycles. The number of rotatable bonds is 4. The van der Waals surface area contributed by atoms with Crippen molar-refractivity contribution in [3.8, 4) is 5.88 Å². The predicted molar refractivity (Wildman–Crippen MR) is 79.0 cm³/mol. The van der Waals surface area contributed by atoms with Crippen LogP contribution in [0, 0.1) is 0 Å². The third-order valence-electron chi connectivity index (χ3n) is 3.62. The first-order valence-corrected chi connectivity index (χ1v) is 7.09. The Hall–Kier alpha value is -1.98. The van der Waals surface area contributed by atoms with E-state index in [0.29, 0.717) is 5.88 Å². The highest BCUT2D eigenvalue weighted by Gasteiger charge is 2.23. The first kappa shape index (κ1) is 14.0. The molecule has 1 aromatic carbocycles. The maximum absolute atomic E-state index is 5.88. The minimum atomic E-state index is 0.114. The van der Waals surface area contributed by atoms with Crippen LogP contribution in [0.2, 0.25) is 0 Å². The second-order valence-corrected chi connectivity index (χ2v) is 5.02. The van der Waals surface area contributed by atoms with Crippen LogP contribution in [-0.2, 0) is 11.3 Å². The number of methoxy groups -OCH3 is 1. The molecule has 1 unspecified atom stereocenters. The summed E-state index contributed by atoms with van der Waals surface area (Å²) in [5.41, 5.74) is 2.09. The number of nitrogens with zero attached hydrogens (tertiary/aromatic N) is 3. The zero-order chi connectivity index (χ0) is 14.5. The van der Waals surface area contributed by atoms with E-state index >= 15 is 0 Å². The van der Waals surface area contributed by atoms with Crippen molar-refractivity contribution in [1.29, 1.82) is 0 Å². The molecule has 1 fully saturated rings. The van der Waals surface area contributed by atoms with Gasteiger partial charge in [0.15, 0.2) is 0 Å². The van der Waals surface area contributed by atoms with Gasteiger partial charge >= 0.3 is 0 Å². The summed E-state index contributed by atoms with van der Waals surface area (Å²) >= 11 is 0. The molecular formula is C16H19N3O2. The van der Waals surface area contributed by atoms with E-state index in [4.69, 9.17) is 9.47 Å². The second kappa shape index (κ2) is 6.65. The summed E-state index contributed by atoms with van der Waals surface area (Å²) in [6.07, 6.45) is 3.46. The molecule has 0 amide bonds. The topological polar surface area (TPSA) is 47.5 Å². The summed E-state index contributed by atoms with van der Waals surface area (Å²) in [4.78, 5) is 10.9. The Morgan fingerprint density at radius 1 is 1.24 bits per heavy atom. The molecule has 2 aromatic rings. The summed E-state index contributed by atoms with van der Waals surface area (Å²) in [6.45, 7) is 3.19. The maximum Gasteiger partial charge on any atom is 0.236 e. The summed E-state index contributed by atoms with van der Waals surface area (Å²) < 4.78 is 11.1. The van der Waals surface area contributed by atoms with Crippen molar-refractivity contribution < 1.29 is 9.47 Å². The van der Waals surface area contributed by atoms with Crippen molar-refractivity contribution in [2.45, 2.75) is 12.6 Å². The Kier molecular flexibility index (Phi) is 4.43. The van der Waals surface area contributed by atoms with Gasteiger partial charge in [-0.15, -0.1) is 0 Å². The van der Waals surface area contributed by atoms with Gasteiger partial charge in [0.05, 0.1) is 19.8 Å². The molecule has 5 heteroatoms. The van der Waals surface area contributed by atoms with Crippen LogP contribution in [-0.4, -0.2) is 41.7 Å². The summed E-state index contributed by atoms with van der Waals surface area (Å²) in [7, 11) is 1.62. The van der Waals surface area contributed by atoms with Crippen LogP contribution in [0.25, 0.3) is 0 Å². The highest BCUT2D eigenvalue weighted by molar-refractivity contribution is 5.19. The van der Waals surface area contributed by atoms with E-state index in [2.05, 4.69) is 27.0 Å². The van der Waals surface area contributed by atoms with Crippen molar-refractivity contribution in [2.75, 3.05) is 26.8 Å². The number of aromatic nitrogens is 2. The van der Waals surface area contributed by atoms with Crippen molar-refractivity contribution in [1.82, 2.24) is 14.9 Å². The molecule has 5 nitrogen and oxygen atoms in total. The lowest BCUT2D eigenvalue weighted by molar-refractivity contribution is -0.0335. The molecule has 0 radical (unpaired) electrons. The van der Waals surface area contributed by atoms with Crippen LogP contribution >= 0.6 is 0 Å². The first-order chi connectivity index (χ1) is 10.4. The van der Waals surface area contributed by atoms with E-state index in [1.54, 1.807) is 19.5 Å². The van der Waals surface area contributed by atoms with Gasteiger partial charge in [0.1, 0.15) is 5.69 Å². The van der Waals surface area contributed by atoms with Crippen LogP contribution < -0.4 is 4.74 Å². The highest BCUT2D eigenvalue weighted by atomic mass is 16.5. The zero-order valence-corrected chi connectivity index (χ0v) is 12.1. The van der Waals surface area contributed by atoms with Crippen molar-refractivity contribution in [3.05, 3.63) is 54.0 Å². The summed E-state index contributed by atoms with van der Waals surface area (Å²) in [5.74, 6) is 0.597. The van der Waals surface area contributed by atoms with Crippen molar-refractivity contribution in [2.24, 2.45) is 0 Å². The van der Waals surface area contributed by atoms with Gasteiger partial charge in [0, 0.05) is 32.0 Å². The Balaban J connectivity index is 1.69. The van der Waals surface area contributed by atoms with Crippen LogP contribution in [0.15, 0.2) is 42.7 Å². The lowest BCUT2D eigenvalue weighted by Crippen LogP contribution is -2.38. The average Bonchev–Trinajstić information content (AvgIpc) is 2.56. The molecule has 21 heavy (non-hydrogen) atoms. The third-order valence-corrected chi connectivity index (χ3v) is 3.62. The predicted octanol–water partition coefficient (Wildman–Crippen LogP) is 2.06. The van der Waals surface area contributed by atoms with Gasteiger partial charge in [-0.05, 0) is 5.56 Å². The first-order valence-electron chi connectivity index (χ1n) is 7.09. The summed E-state index contributed by atoms with van der Waals surface area (Å²) in [5, 5.41) is 0. The second-order valence-electron chi connectivity index (χ2n) is 5.02. The lowest BCUT2D eigenvalue weighted by Gasteiger charge is -2.33. The molecule has 1 aliphatic heterocycles. The molecule has 2 heterocycles. The van der Waals surface area contributed by atoms with Crippen molar-refractivity contribution >= 4 is 0 Å². The van der Waals surface area contributed by atoms with Gasteiger partial charge in [-0.3, -0.25) is 9.88 Å². The van der Waals surface area contributed by atoms with Gasteiger partial charge < -0.3 is 9.47 Å². The van der Waals surface area contributed by atoms with Gasteiger partial charge in [0.25, 0.3) is 0 Å². The molecule has 1 aliphatic rings. The monoisotopic (exact) mass is 285 g/mol. The molecule has 0 saturated carbocycles. The fourth-order valence-corrected chi connectivity index (χ4v) is 2.56. The molecule has 110 valence electrons. The van der Waals surface area contributed by atoms with E-state index in [1.807, 2.05) is 18.2 Å². The highest BCUT2D eigenvalue weighted by Crippen LogP contribution is 2.23. The quantitative estimate of drug-likeness (QED) is 0.860. The van der Waals surface area contributed by atoms with E-state index < -0.39 is 0 Å². The smallest absolute Gasteiger partial charge is 0.236 e. The molecule has 0 bridgehead atoms. The van der Waals surface area contributed by atoms with Crippen LogP contribution in [0.5, 0.6) is 5.88 Å². The minimum absolute atomic E-state index is 0.114. The van der Waals surface area contributed by atoms with Gasteiger partial charge in [-0.25, -0.2) is 4.98 Å². The summed E-state index contributed by atoms with van der Waals surface area (Å²) in [6, 6.07) is 10.3. The average molecular weight is 285 g/mol. The van der Waals surface area contributed by atoms with E-state index in [-0.39, 0.29) is 6.10 Å². The van der Waals surface area contributed by atoms with Gasteiger partial charge in [-0.2, -0.15) is 0 Å². The minimum Gasteiger partial charge on any atom is -0.480 e. The number of morpholine rings is 1. The van der Waals surface area contributed by atoms with Crippen LogP contribution in [0.1, 0.15) is 17.4 Å². The molecule has 1 saturated heterocycles. The van der Waals surface area contributed by atoms with Gasteiger partial charge in [-0.1, -0.05) is 30.3 Å². The van der Waals surface area contributed by atoms with E-state index in [9.17, 15) is 0 Å². The lowest BCUT2D eigenvalue weighted by atomic mass is 10.1. The molecule has 1 aromatic heterocycles. The fraction of sp³-hybridized carbons (Fsp3) is 0.375. The fourth-order valence-electron chi connectivity index (χ4n) is 2.56. The van der Waals surface area contributed by atoms with E-state index in [0.717, 1.165) is 31.9 Å². The molecular weight excluding hydrogens is 266 g/mol. The van der Waals surface area contributed by atoms with Crippen LogP contribution in [0.3, 0.4) is 0 Å². The Bertz CT molecular complexity index is 577. The normalized spacial score (nSPS) is 19.4. The Morgan fingerprint density at radius 2 is 2.05 bits per heavy atom. The van der Waals surface area contributed by atoms with E-state index in [1.165, 1.54) is 5.56 Å². The molecule has 0 spiro atoms.